The number of carbonyl (C=O) groups is 1. The van der Waals surface area contributed by atoms with Crippen LogP contribution in [0.4, 0.5) is 8.78 Å². The Morgan fingerprint density at radius 3 is 2.64 bits per heavy atom. The van der Waals surface area contributed by atoms with Gasteiger partial charge in [0.2, 0.25) is 0 Å². The van der Waals surface area contributed by atoms with Gasteiger partial charge in [-0.1, -0.05) is 13.0 Å². The van der Waals surface area contributed by atoms with Crippen LogP contribution in [0.1, 0.15) is 35.7 Å². The van der Waals surface area contributed by atoms with Crippen LogP contribution in [0.2, 0.25) is 0 Å². The van der Waals surface area contributed by atoms with Crippen molar-refractivity contribution in [3.8, 4) is 0 Å². The zero-order chi connectivity index (χ0) is 10.7. The fourth-order valence-electron chi connectivity index (χ4n) is 1.17. The van der Waals surface area contributed by atoms with Gasteiger partial charge in [0.25, 0.3) is 6.43 Å². The van der Waals surface area contributed by atoms with Gasteiger partial charge < -0.3 is 0 Å². The molecule has 76 valence electrons. The highest BCUT2D eigenvalue weighted by atomic mass is 32.1. The van der Waals surface area contributed by atoms with Crippen molar-refractivity contribution in [2.24, 2.45) is 0 Å². The lowest BCUT2D eigenvalue weighted by molar-refractivity contribution is 0.0974. The minimum absolute atomic E-state index is 0.0787. The fraction of sp³-hybridized carbons (Fsp3) is 0.300. The van der Waals surface area contributed by atoms with Gasteiger partial charge in [0.1, 0.15) is 0 Å². The molecule has 1 nitrogen and oxygen atoms in total. The molecule has 0 saturated heterocycles. The molecule has 0 saturated carbocycles. The summed E-state index contributed by atoms with van der Waals surface area (Å²) < 4.78 is 25.0. The number of hydrogen-bond donors (Lipinski definition) is 1. The summed E-state index contributed by atoms with van der Waals surface area (Å²) in [6.45, 7) is 1.64. The number of halogens is 2. The summed E-state index contributed by atoms with van der Waals surface area (Å²) in [6, 6.07) is 4.09. The maximum absolute atomic E-state index is 12.5. The van der Waals surface area contributed by atoms with Gasteiger partial charge in [-0.15, -0.1) is 12.6 Å². The average Bonchev–Trinajstić information content (AvgIpc) is 2.16. The first-order valence-corrected chi connectivity index (χ1v) is 4.65. The zero-order valence-corrected chi connectivity index (χ0v) is 8.52. The minimum Gasteiger partial charge on any atom is -0.294 e. The van der Waals surface area contributed by atoms with Crippen molar-refractivity contribution in [2.75, 3.05) is 0 Å². The Kier molecular flexibility index (Phi) is 3.63. The maximum Gasteiger partial charge on any atom is 0.264 e. The van der Waals surface area contributed by atoms with Crippen LogP contribution in [0, 0.1) is 0 Å². The Morgan fingerprint density at radius 2 is 2.14 bits per heavy atom. The number of rotatable bonds is 3. The Morgan fingerprint density at radius 1 is 1.50 bits per heavy atom. The van der Waals surface area contributed by atoms with Crippen molar-refractivity contribution in [3.63, 3.8) is 0 Å². The van der Waals surface area contributed by atoms with E-state index in [9.17, 15) is 13.6 Å². The third-order valence-corrected chi connectivity index (χ3v) is 2.17. The van der Waals surface area contributed by atoms with E-state index in [1.807, 2.05) is 0 Å². The minimum atomic E-state index is -2.62. The van der Waals surface area contributed by atoms with Gasteiger partial charge in [-0.3, -0.25) is 4.79 Å². The molecule has 14 heavy (non-hydrogen) atoms. The molecule has 0 aliphatic rings. The van der Waals surface area contributed by atoms with E-state index < -0.39 is 6.43 Å². The van der Waals surface area contributed by atoms with Crippen LogP contribution in [-0.4, -0.2) is 5.78 Å². The van der Waals surface area contributed by atoms with Crippen LogP contribution in [0.5, 0.6) is 0 Å². The molecule has 0 bridgehead atoms. The van der Waals surface area contributed by atoms with Gasteiger partial charge in [0.05, 0.1) is 0 Å². The molecule has 0 aliphatic carbocycles. The third-order valence-electron chi connectivity index (χ3n) is 1.89. The molecule has 0 aliphatic heterocycles. The molecule has 1 aromatic rings. The molecular formula is C10H10F2OS. The van der Waals surface area contributed by atoms with E-state index in [0.717, 1.165) is 0 Å². The maximum atomic E-state index is 12.5. The van der Waals surface area contributed by atoms with E-state index in [2.05, 4.69) is 12.6 Å². The largest absolute Gasteiger partial charge is 0.294 e. The first-order chi connectivity index (χ1) is 6.56. The molecule has 1 aromatic carbocycles. The van der Waals surface area contributed by atoms with Crippen LogP contribution in [0.15, 0.2) is 23.1 Å². The molecule has 0 radical (unpaired) electrons. The van der Waals surface area contributed by atoms with Crippen molar-refractivity contribution < 1.29 is 13.6 Å². The van der Waals surface area contributed by atoms with Crippen LogP contribution in [0.25, 0.3) is 0 Å². The Balaban J connectivity index is 3.22. The summed E-state index contributed by atoms with van der Waals surface area (Å²) in [5.74, 6) is -0.281. The Hall–Kier alpha value is -0.900. The Labute approximate surface area is 86.5 Å². The lowest BCUT2D eigenvalue weighted by atomic mass is 10.0. The molecule has 0 spiro atoms. The number of thiol groups is 1. The lowest BCUT2D eigenvalue weighted by Crippen LogP contribution is -2.02. The van der Waals surface area contributed by atoms with Crippen LogP contribution >= 0.6 is 12.6 Å². The standard InChI is InChI=1S/C10H10F2OS/c1-2-9(13)8-5-6(14)3-4-7(8)10(11)12/h3-5,10,14H,2H2,1H3. The second-order valence-electron chi connectivity index (χ2n) is 2.85. The smallest absolute Gasteiger partial charge is 0.264 e. The van der Waals surface area contributed by atoms with E-state index in [1.165, 1.54) is 18.2 Å². The molecule has 0 aromatic heterocycles. The molecule has 0 unspecified atom stereocenters. The van der Waals surface area contributed by atoms with Gasteiger partial charge in [-0.05, 0) is 12.1 Å². The highest BCUT2D eigenvalue weighted by Crippen LogP contribution is 2.25. The highest BCUT2D eigenvalue weighted by molar-refractivity contribution is 7.80. The molecule has 0 amide bonds. The van der Waals surface area contributed by atoms with Gasteiger partial charge in [-0.25, -0.2) is 8.78 Å². The monoisotopic (exact) mass is 216 g/mol. The SMILES string of the molecule is CCC(=O)c1cc(S)ccc1C(F)F. The van der Waals surface area contributed by atoms with E-state index in [4.69, 9.17) is 0 Å². The van der Waals surface area contributed by atoms with Crippen LogP contribution in [-0.2, 0) is 0 Å². The van der Waals surface area contributed by atoms with Gasteiger partial charge in [-0.2, -0.15) is 0 Å². The van der Waals surface area contributed by atoms with Crippen molar-refractivity contribution in [1.82, 2.24) is 0 Å². The zero-order valence-electron chi connectivity index (χ0n) is 7.63. The second-order valence-corrected chi connectivity index (χ2v) is 3.37. The van der Waals surface area contributed by atoms with Gasteiger partial charge in [0.15, 0.2) is 5.78 Å². The fourth-order valence-corrected chi connectivity index (χ4v) is 1.37. The first-order valence-electron chi connectivity index (χ1n) is 4.20. The van der Waals surface area contributed by atoms with Crippen molar-refractivity contribution in [3.05, 3.63) is 29.3 Å². The van der Waals surface area contributed by atoms with Gasteiger partial charge >= 0.3 is 0 Å². The normalized spacial score (nSPS) is 10.6. The molecule has 0 fully saturated rings. The van der Waals surface area contributed by atoms with E-state index >= 15 is 0 Å². The summed E-state index contributed by atoms with van der Waals surface area (Å²) >= 11 is 4.01. The predicted molar refractivity (Wildman–Crippen MR) is 53.3 cm³/mol. The number of carbonyl (C=O) groups excluding carboxylic acids is 1. The van der Waals surface area contributed by atoms with Crippen molar-refractivity contribution >= 4 is 18.4 Å². The number of alkyl halides is 2. The first kappa shape index (κ1) is 11.2. The molecule has 0 atom stereocenters. The lowest BCUT2D eigenvalue weighted by Gasteiger charge is -2.07. The molecule has 0 heterocycles. The average molecular weight is 216 g/mol. The quantitative estimate of drug-likeness (QED) is 0.604. The van der Waals surface area contributed by atoms with Gasteiger partial charge in [0, 0.05) is 22.4 Å². The number of benzene rings is 1. The number of Topliss-reactive ketones (excluding diaryl/α,β-unsaturated/α-hetero) is 1. The molecule has 4 heteroatoms. The number of hydrogen-bond acceptors (Lipinski definition) is 2. The summed E-state index contributed by atoms with van der Waals surface area (Å²) in [6.07, 6.45) is -2.40. The van der Waals surface area contributed by atoms with Crippen molar-refractivity contribution in [1.29, 1.82) is 0 Å². The summed E-state index contributed by atoms with van der Waals surface area (Å²) in [7, 11) is 0. The van der Waals surface area contributed by atoms with Crippen LogP contribution < -0.4 is 0 Å². The molecule has 0 N–H and O–H groups in total. The summed E-state index contributed by atoms with van der Waals surface area (Å²) in [4.78, 5) is 11.8. The van der Waals surface area contributed by atoms with E-state index in [-0.39, 0.29) is 23.3 Å². The second kappa shape index (κ2) is 4.55. The summed E-state index contributed by atoms with van der Waals surface area (Å²) in [5.41, 5.74) is -0.135. The third kappa shape index (κ3) is 2.32. The predicted octanol–water partition coefficient (Wildman–Crippen LogP) is 3.51. The summed E-state index contributed by atoms with van der Waals surface area (Å²) in [5, 5.41) is 0. The van der Waals surface area contributed by atoms with E-state index in [1.54, 1.807) is 6.92 Å². The Bertz CT molecular complexity index is 350. The van der Waals surface area contributed by atoms with E-state index in [0.29, 0.717) is 4.90 Å². The van der Waals surface area contributed by atoms with Crippen molar-refractivity contribution in [2.45, 2.75) is 24.7 Å². The topological polar surface area (TPSA) is 17.1 Å². The highest BCUT2D eigenvalue weighted by Gasteiger charge is 2.16. The number of ketones is 1. The molecular weight excluding hydrogens is 206 g/mol. The van der Waals surface area contributed by atoms with Crippen LogP contribution in [0.3, 0.4) is 0 Å². The molecule has 1 rings (SSSR count).